The van der Waals surface area contributed by atoms with Crippen molar-refractivity contribution in [3.05, 3.63) is 23.8 Å². The normalized spacial score (nSPS) is 11.0. The molecule has 0 aromatic heterocycles. The summed E-state index contributed by atoms with van der Waals surface area (Å²) in [6.07, 6.45) is -0.119. The van der Waals surface area contributed by atoms with E-state index in [1.54, 1.807) is 46.1 Å². The molecule has 1 aromatic carbocycles. The first-order valence-corrected chi connectivity index (χ1v) is 6.08. The molecule has 0 radical (unpaired) electrons. The van der Waals surface area contributed by atoms with Crippen molar-refractivity contribution in [3.63, 3.8) is 0 Å². The third-order valence-corrected chi connectivity index (χ3v) is 2.87. The fourth-order valence-electron chi connectivity index (χ4n) is 1.54. The van der Waals surface area contributed by atoms with Crippen molar-refractivity contribution in [2.24, 2.45) is 5.41 Å². The molecular formula is C15H20O4. The zero-order valence-corrected chi connectivity index (χ0v) is 12.1. The highest BCUT2D eigenvalue weighted by atomic mass is 16.5. The molecule has 104 valence electrons. The zero-order valence-electron chi connectivity index (χ0n) is 12.1. The average Bonchev–Trinajstić information content (AvgIpc) is 2.36. The van der Waals surface area contributed by atoms with Crippen LogP contribution < -0.4 is 9.47 Å². The number of hydrogen-bond acceptors (Lipinski definition) is 4. The minimum absolute atomic E-state index is 0.0876. The van der Waals surface area contributed by atoms with E-state index in [1.807, 2.05) is 0 Å². The molecule has 1 aromatic rings. The minimum atomic E-state index is -0.518. The molecule has 0 amide bonds. The molecule has 0 saturated carbocycles. The van der Waals surface area contributed by atoms with Crippen LogP contribution in [0.15, 0.2) is 18.2 Å². The van der Waals surface area contributed by atoms with Crippen LogP contribution in [-0.4, -0.2) is 25.8 Å². The van der Waals surface area contributed by atoms with Gasteiger partial charge in [-0.1, -0.05) is 20.8 Å². The van der Waals surface area contributed by atoms with E-state index in [4.69, 9.17) is 9.47 Å². The molecule has 0 fully saturated rings. The minimum Gasteiger partial charge on any atom is -0.497 e. The topological polar surface area (TPSA) is 52.6 Å². The molecule has 4 nitrogen and oxygen atoms in total. The van der Waals surface area contributed by atoms with Gasteiger partial charge in [0.1, 0.15) is 17.3 Å². The number of rotatable bonds is 5. The third kappa shape index (κ3) is 3.81. The van der Waals surface area contributed by atoms with Gasteiger partial charge in [0.15, 0.2) is 5.78 Å². The SMILES string of the molecule is COc1ccc(C(=O)CC(=O)C(C)(C)C)c(OC)c1. The lowest BCUT2D eigenvalue weighted by molar-refractivity contribution is -0.125. The third-order valence-electron chi connectivity index (χ3n) is 2.87. The molecule has 0 atom stereocenters. The van der Waals surface area contributed by atoms with Crippen LogP contribution in [0.3, 0.4) is 0 Å². The van der Waals surface area contributed by atoms with Crippen LogP contribution in [0.25, 0.3) is 0 Å². The summed E-state index contributed by atoms with van der Waals surface area (Å²) in [6, 6.07) is 4.93. The van der Waals surface area contributed by atoms with Gasteiger partial charge < -0.3 is 9.47 Å². The summed E-state index contributed by atoms with van der Waals surface area (Å²) in [4.78, 5) is 24.0. The van der Waals surface area contributed by atoms with Gasteiger partial charge in [0.05, 0.1) is 26.2 Å². The standard InChI is InChI=1S/C15H20O4/c1-15(2,3)14(17)9-12(16)11-7-6-10(18-4)8-13(11)19-5/h6-8H,9H2,1-5H3. The molecule has 0 aliphatic carbocycles. The number of benzene rings is 1. The summed E-state index contributed by atoms with van der Waals surface area (Å²) in [5.74, 6) is 0.705. The van der Waals surface area contributed by atoms with E-state index in [9.17, 15) is 9.59 Å². The Kier molecular flexibility index (Phi) is 4.70. The highest BCUT2D eigenvalue weighted by Crippen LogP contribution is 2.27. The van der Waals surface area contributed by atoms with Gasteiger partial charge in [0, 0.05) is 11.5 Å². The first kappa shape index (κ1) is 15.2. The maximum absolute atomic E-state index is 12.1. The number of ketones is 2. The molecule has 1 rings (SSSR count). The molecule has 0 saturated heterocycles. The second-order valence-corrected chi connectivity index (χ2v) is 5.34. The molecule has 19 heavy (non-hydrogen) atoms. The Morgan fingerprint density at radius 2 is 1.74 bits per heavy atom. The molecule has 0 aliphatic rings. The first-order chi connectivity index (χ1) is 8.79. The van der Waals surface area contributed by atoms with Gasteiger partial charge in [0.2, 0.25) is 0 Å². The van der Waals surface area contributed by atoms with E-state index in [1.165, 1.54) is 7.11 Å². The molecule has 0 heterocycles. The molecule has 4 heteroatoms. The van der Waals surface area contributed by atoms with Crippen LogP contribution >= 0.6 is 0 Å². The van der Waals surface area contributed by atoms with Gasteiger partial charge in [0.25, 0.3) is 0 Å². The summed E-state index contributed by atoms with van der Waals surface area (Å²) in [5, 5.41) is 0. The number of Topliss-reactive ketones (excluding diaryl/α,β-unsaturated/α-hetero) is 2. The van der Waals surface area contributed by atoms with Gasteiger partial charge in [-0.25, -0.2) is 0 Å². The Hall–Kier alpha value is -1.84. The van der Waals surface area contributed by atoms with Gasteiger partial charge in [-0.05, 0) is 12.1 Å². The summed E-state index contributed by atoms with van der Waals surface area (Å²) in [5.41, 5.74) is -0.115. The van der Waals surface area contributed by atoms with Crippen molar-refractivity contribution < 1.29 is 19.1 Å². The highest BCUT2D eigenvalue weighted by Gasteiger charge is 2.25. The van der Waals surface area contributed by atoms with Crippen molar-refractivity contribution in [1.29, 1.82) is 0 Å². The maximum Gasteiger partial charge on any atom is 0.173 e. The van der Waals surface area contributed by atoms with Crippen molar-refractivity contribution in [2.75, 3.05) is 14.2 Å². The van der Waals surface area contributed by atoms with Crippen LogP contribution in [-0.2, 0) is 4.79 Å². The van der Waals surface area contributed by atoms with Crippen molar-refractivity contribution in [2.45, 2.75) is 27.2 Å². The molecule has 0 spiro atoms. The van der Waals surface area contributed by atoms with Crippen LogP contribution in [0.2, 0.25) is 0 Å². The first-order valence-electron chi connectivity index (χ1n) is 6.08. The summed E-state index contributed by atoms with van der Waals surface area (Å²) >= 11 is 0. The molecule has 0 bridgehead atoms. The number of carbonyl (C=O) groups is 2. The van der Waals surface area contributed by atoms with Crippen LogP contribution in [0, 0.1) is 5.41 Å². The Morgan fingerprint density at radius 3 is 2.21 bits per heavy atom. The highest BCUT2D eigenvalue weighted by molar-refractivity contribution is 6.10. The lowest BCUT2D eigenvalue weighted by Gasteiger charge is -2.16. The quantitative estimate of drug-likeness (QED) is 0.606. The smallest absolute Gasteiger partial charge is 0.173 e. The molecule has 0 unspecified atom stereocenters. The Morgan fingerprint density at radius 1 is 1.11 bits per heavy atom. The second kappa shape index (κ2) is 5.87. The van der Waals surface area contributed by atoms with E-state index in [0.717, 1.165) is 0 Å². The van der Waals surface area contributed by atoms with Gasteiger partial charge in [-0.15, -0.1) is 0 Å². The lowest BCUT2D eigenvalue weighted by Crippen LogP contribution is -2.23. The van der Waals surface area contributed by atoms with Crippen LogP contribution in [0.4, 0.5) is 0 Å². The Bertz CT molecular complexity index is 483. The van der Waals surface area contributed by atoms with Crippen molar-refractivity contribution in [1.82, 2.24) is 0 Å². The summed E-state index contributed by atoms with van der Waals surface area (Å²) < 4.78 is 10.2. The van der Waals surface area contributed by atoms with Gasteiger partial charge >= 0.3 is 0 Å². The molecule has 0 aliphatic heterocycles. The number of methoxy groups -OCH3 is 2. The van der Waals surface area contributed by atoms with Gasteiger partial charge in [-0.2, -0.15) is 0 Å². The number of ether oxygens (including phenoxy) is 2. The second-order valence-electron chi connectivity index (χ2n) is 5.34. The monoisotopic (exact) mass is 264 g/mol. The largest absolute Gasteiger partial charge is 0.497 e. The van der Waals surface area contributed by atoms with Crippen molar-refractivity contribution in [3.8, 4) is 11.5 Å². The lowest BCUT2D eigenvalue weighted by atomic mass is 9.87. The molecular weight excluding hydrogens is 244 g/mol. The van der Waals surface area contributed by atoms with E-state index < -0.39 is 5.41 Å². The predicted octanol–water partition coefficient (Wildman–Crippen LogP) is 2.89. The molecule has 0 N–H and O–H groups in total. The maximum atomic E-state index is 12.1. The number of carbonyl (C=O) groups excluding carboxylic acids is 2. The van der Waals surface area contributed by atoms with Crippen molar-refractivity contribution >= 4 is 11.6 Å². The van der Waals surface area contributed by atoms with Crippen LogP contribution in [0.5, 0.6) is 11.5 Å². The fourth-order valence-corrected chi connectivity index (χ4v) is 1.54. The average molecular weight is 264 g/mol. The fraction of sp³-hybridized carbons (Fsp3) is 0.467. The number of hydrogen-bond donors (Lipinski definition) is 0. The van der Waals surface area contributed by atoms with E-state index in [-0.39, 0.29) is 18.0 Å². The van der Waals surface area contributed by atoms with E-state index >= 15 is 0 Å². The van der Waals surface area contributed by atoms with E-state index in [2.05, 4.69) is 0 Å². The van der Waals surface area contributed by atoms with E-state index in [0.29, 0.717) is 17.1 Å². The van der Waals surface area contributed by atoms with Gasteiger partial charge in [-0.3, -0.25) is 9.59 Å². The Balaban J connectivity index is 2.97. The van der Waals surface area contributed by atoms with Crippen LogP contribution in [0.1, 0.15) is 37.6 Å². The zero-order chi connectivity index (χ0) is 14.6. The Labute approximate surface area is 113 Å². The summed E-state index contributed by atoms with van der Waals surface area (Å²) in [7, 11) is 3.02. The predicted molar refractivity (Wildman–Crippen MR) is 73.0 cm³/mol. The summed E-state index contributed by atoms with van der Waals surface area (Å²) in [6.45, 7) is 5.40.